The van der Waals surface area contributed by atoms with E-state index in [1.807, 2.05) is 77.1 Å². The second-order valence-corrected chi connectivity index (χ2v) is 10.4. The van der Waals surface area contributed by atoms with Crippen molar-refractivity contribution in [1.82, 2.24) is 5.32 Å². The van der Waals surface area contributed by atoms with Gasteiger partial charge in [-0.3, -0.25) is 4.79 Å². The summed E-state index contributed by atoms with van der Waals surface area (Å²) in [4.78, 5) is 26.2. The third-order valence-corrected chi connectivity index (χ3v) is 6.76. The van der Waals surface area contributed by atoms with Gasteiger partial charge in [0.25, 0.3) is 5.91 Å². The molecule has 0 aliphatic carbocycles. The number of carbonyl (C=O) groups is 2. The molecule has 6 nitrogen and oxygen atoms in total. The lowest BCUT2D eigenvalue weighted by Crippen LogP contribution is -2.39. The molecule has 2 aliphatic rings. The highest BCUT2D eigenvalue weighted by Gasteiger charge is 2.46. The number of nitrogens with one attached hydrogen (secondary N) is 1. The summed E-state index contributed by atoms with van der Waals surface area (Å²) in [5, 5.41) is 3.15. The van der Waals surface area contributed by atoms with Gasteiger partial charge in [0.05, 0.1) is 11.7 Å². The van der Waals surface area contributed by atoms with Gasteiger partial charge in [-0.1, -0.05) is 48.0 Å². The van der Waals surface area contributed by atoms with E-state index in [1.165, 1.54) is 0 Å². The number of hydrogen-bond donors (Lipinski definition) is 1. The van der Waals surface area contributed by atoms with Crippen LogP contribution in [-0.2, 0) is 14.2 Å². The van der Waals surface area contributed by atoms with Gasteiger partial charge in [-0.2, -0.15) is 0 Å². The maximum atomic E-state index is 13.2. The molecule has 1 amide bonds. The summed E-state index contributed by atoms with van der Waals surface area (Å²) in [5.41, 5.74) is 4.16. The third-order valence-electron chi connectivity index (χ3n) is 6.76. The lowest BCUT2D eigenvalue weighted by atomic mass is 9.95. The minimum absolute atomic E-state index is 0.0311. The van der Waals surface area contributed by atoms with Gasteiger partial charge in [0, 0.05) is 11.6 Å². The molecule has 1 fully saturated rings. The van der Waals surface area contributed by atoms with E-state index in [2.05, 4.69) is 5.32 Å². The van der Waals surface area contributed by atoms with E-state index in [1.54, 1.807) is 12.1 Å². The normalized spacial score (nSPS) is 27.2. The van der Waals surface area contributed by atoms with Crippen molar-refractivity contribution in [2.24, 2.45) is 0 Å². The molecule has 4 atom stereocenters. The van der Waals surface area contributed by atoms with Gasteiger partial charge < -0.3 is 19.5 Å². The Bertz CT molecular complexity index is 1120. The molecule has 2 aromatic carbocycles. The Morgan fingerprint density at radius 1 is 1.08 bits per heavy atom. The fourth-order valence-corrected chi connectivity index (χ4v) is 5.20. The average molecular weight is 492 g/mol. The van der Waals surface area contributed by atoms with E-state index in [4.69, 9.17) is 14.2 Å². The lowest BCUT2D eigenvalue weighted by molar-refractivity contribution is -0.156. The molecule has 0 aromatic heterocycles. The number of benzene rings is 2. The maximum absolute atomic E-state index is 13.2. The number of aryl methyl sites for hydroxylation is 2. The van der Waals surface area contributed by atoms with Crippen molar-refractivity contribution in [2.45, 2.75) is 90.4 Å². The molecule has 3 unspecified atom stereocenters. The zero-order valence-electron chi connectivity index (χ0n) is 21.9. The number of ether oxygens (including phenoxy) is 3. The van der Waals surface area contributed by atoms with Crippen LogP contribution in [0, 0.1) is 13.8 Å². The van der Waals surface area contributed by atoms with Crippen molar-refractivity contribution in [3.05, 3.63) is 76.4 Å². The molecule has 2 heterocycles. The summed E-state index contributed by atoms with van der Waals surface area (Å²) in [6.45, 7) is 9.80. The van der Waals surface area contributed by atoms with Gasteiger partial charge in [0.1, 0.15) is 12.2 Å². The number of hydrogen-bond acceptors (Lipinski definition) is 5. The first-order chi connectivity index (χ1) is 17.1. The Morgan fingerprint density at radius 2 is 1.83 bits per heavy atom. The van der Waals surface area contributed by atoms with Crippen LogP contribution < -0.4 is 5.32 Å². The van der Waals surface area contributed by atoms with Gasteiger partial charge >= 0.3 is 5.97 Å². The van der Waals surface area contributed by atoms with Crippen LogP contribution >= 0.6 is 0 Å². The lowest BCUT2D eigenvalue weighted by Gasteiger charge is -2.27. The van der Waals surface area contributed by atoms with Crippen molar-refractivity contribution in [1.29, 1.82) is 0 Å². The van der Waals surface area contributed by atoms with E-state index in [0.29, 0.717) is 24.0 Å². The molecular formula is C30H37NO5. The molecule has 1 N–H and O–H groups in total. The molecule has 0 spiro atoms. The number of rotatable bonds is 2. The first-order valence-corrected chi connectivity index (χ1v) is 12.8. The predicted octanol–water partition coefficient (Wildman–Crippen LogP) is 5.75. The van der Waals surface area contributed by atoms with Gasteiger partial charge in [-0.25, -0.2) is 4.79 Å². The molecular weight excluding hydrogens is 454 g/mol. The minimum atomic E-state index is -0.787. The SMILES string of the molecule is Cc1cc(C)c2c(c1)/C=C/C[C@@H]1OC(C)(C)OC1C(OC(=O)c1ccccc1)CCCC(C)NC2=O. The van der Waals surface area contributed by atoms with Gasteiger partial charge in [-0.05, 0) is 83.6 Å². The van der Waals surface area contributed by atoms with E-state index in [9.17, 15) is 9.59 Å². The third kappa shape index (κ3) is 6.23. The van der Waals surface area contributed by atoms with Crippen LogP contribution in [0.2, 0.25) is 0 Å². The second-order valence-electron chi connectivity index (χ2n) is 10.4. The summed E-state index contributed by atoms with van der Waals surface area (Å²) < 4.78 is 18.6. The molecule has 0 radical (unpaired) electrons. The molecule has 192 valence electrons. The Kier molecular flexibility index (Phi) is 7.96. The van der Waals surface area contributed by atoms with E-state index in [0.717, 1.165) is 29.5 Å². The van der Waals surface area contributed by atoms with Crippen LogP contribution in [0.5, 0.6) is 0 Å². The Morgan fingerprint density at radius 3 is 2.58 bits per heavy atom. The quantitative estimate of drug-likeness (QED) is 0.541. The Balaban J connectivity index is 1.65. The first-order valence-electron chi connectivity index (χ1n) is 12.8. The standard InChI is InChI=1S/C30H37NO5/c1-19-17-20(2)26-23(18-19)14-10-16-25-27(36-30(4,5)35-25)24(15-9-11-21(3)31-28(26)32)34-29(33)22-12-7-6-8-13-22/h6-8,10,12-14,17-18,21,24-25,27H,9,11,15-16H2,1-5H3,(H,31,32)/b14-10+/t21?,24?,25-,27?/m0/s1. The highest BCUT2D eigenvalue weighted by atomic mass is 16.8. The monoisotopic (exact) mass is 491 g/mol. The predicted molar refractivity (Wildman–Crippen MR) is 140 cm³/mol. The number of esters is 1. The van der Waals surface area contributed by atoms with Crippen LogP contribution in [0.4, 0.5) is 0 Å². The van der Waals surface area contributed by atoms with Crippen molar-refractivity contribution in [3.63, 3.8) is 0 Å². The molecule has 0 bridgehead atoms. The van der Waals surface area contributed by atoms with Gasteiger partial charge in [0.15, 0.2) is 5.79 Å². The molecule has 0 saturated carbocycles. The highest BCUT2D eigenvalue weighted by Crippen LogP contribution is 2.35. The van der Waals surface area contributed by atoms with Gasteiger partial charge in [0.2, 0.25) is 0 Å². The van der Waals surface area contributed by atoms with E-state index >= 15 is 0 Å². The highest BCUT2D eigenvalue weighted by molar-refractivity contribution is 5.99. The van der Waals surface area contributed by atoms with Gasteiger partial charge in [-0.15, -0.1) is 0 Å². The largest absolute Gasteiger partial charge is 0.456 e. The number of amides is 1. The number of carbonyl (C=O) groups excluding carboxylic acids is 2. The summed E-state index contributed by atoms with van der Waals surface area (Å²) >= 11 is 0. The number of fused-ring (bicyclic) bond motifs is 2. The van der Waals surface area contributed by atoms with Crippen LogP contribution in [-0.4, -0.2) is 42.0 Å². The van der Waals surface area contributed by atoms with Crippen LogP contribution in [0.3, 0.4) is 0 Å². The fourth-order valence-electron chi connectivity index (χ4n) is 5.20. The molecule has 4 rings (SSSR count). The summed E-state index contributed by atoms with van der Waals surface area (Å²) in [6, 6.07) is 13.1. The van der Waals surface area contributed by atoms with Crippen molar-refractivity contribution < 1.29 is 23.8 Å². The molecule has 36 heavy (non-hydrogen) atoms. The Labute approximate surface area is 214 Å². The van der Waals surface area contributed by atoms with Crippen molar-refractivity contribution in [2.75, 3.05) is 0 Å². The topological polar surface area (TPSA) is 73.9 Å². The average Bonchev–Trinajstić information content (AvgIpc) is 3.12. The first kappa shape index (κ1) is 26.1. The minimum Gasteiger partial charge on any atom is -0.456 e. The fraction of sp³-hybridized carbons (Fsp3) is 0.467. The Hall–Kier alpha value is -2.96. The maximum Gasteiger partial charge on any atom is 0.338 e. The zero-order chi connectivity index (χ0) is 25.9. The molecule has 2 aromatic rings. The van der Waals surface area contributed by atoms with Crippen LogP contribution in [0.1, 0.15) is 83.9 Å². The molecule has 6 heteroatoms. The van der Waals surface area contributed by atoms with Crippen LogP contribution in [0.25, 0.3) is 6.08 Å². The second kappa shape index (κ2) is 11.0. The van der Waals surface area contributed by atoms with Crippen molar-refractivity contribution in [3.8, 4) is 0 Å². The molecule has 2 aliphatic heterocycles. The summed E-state index contributed by atoms with van der Waals surface area (Å²) in [7, 11) is 0. The van der Waals surface area contributed by atoms with E-state index < -0.39 is 18.0 Å². The summed E-state index contributed by atoms with van der Waals surface area (Å²) in [5.74, 6) is -1.22. The smallest absolute Gasteiger partial charge is 0.338 e. The van der Waals surface area contributed by atoms with E-state index in [-0.39, 0.29) is 24.0 Å². The van der Waals surface area contributed by atoms with Crippen LogP contribution in [0.15, 0.2) is 48.5 Å². The zero-order valence-corrected chi connectivity index (χ0v) is 21.9. The van der Waals surface area contributed by atoms with Crippen molar-refractivity contribution >= 4 is 18.0 Å². The summed E-state index contributed by atoms with van der Waals surface area (Å²) in [6.07, 6.45) is 5.55. The molecule has 1 saturated heterocycles.